The molecule has 0 bridgehead atoms. The molecule has 0 aliphatic rings. The molecule has 0 aromatic rings. The van der Waals surface area contributed by atoms with E-state index in [1.807, 2.05) is 4.72 Å². The molecule has 0 radical (unpaired) electrons. The van der Waals surface area contributed by atoms with E-state index in [0.717, 1.165) is 0 Å². The van der Waals surface area contributed by atoms with Gasteiger partial charge < -0.3 is 0 Å². The van der Waals surface area contributed by atoms with E-state index in [2.05, 4.69) is 0 Å². The number of hydrogen-bond donors (Lipinski definition) is 1. The summed E-state index contributed by atoms with van der Waals surface area (Å²) in [6.07, 6.45) is -3.16. The molecule has 0 heterocycles. The highest BCUT2D eigenvalue weighted by molar-refractivity contribution is 7.89. The van der Waals surface area contributed by atoms with E-state index >= 15 is 0 Å². The van der Waals surface area contributed by atoms with Crippen molar-refractivity contribution in [3.8, 4) is 0 Å². The summed E-state index contributed by atoms with van der Waals surface area (Å²) in [4.78, 5) is 0. The SMILES string of the molecule is CNS(=O)(=O)CCC(F)F. The third-order valence-corrected chi connectivity index (χ3v) is 2.31. The molecule has 0 saturated heterocycles. The lowest BCUT2D eigenvalue weighted by atomic mass is 10.5. The average Bonchev–Trinajstić information content (AvgIpc) is 1.85. The highest BCUT2D eigenvalue weighted by Gasteiger charge is 2.10. The van der Waals surface area contributed by atoms with Crippen LogP contribution < -0.4 is 4.72 Å². The summed E-state index contributed by atoms with van der Waals surface area (Å²) < 4.78 is 45.7. The van der Waals surface area contributed by atoms with E-state index in [1.165, 1.54) is 7.05 Å². The van der Waals surface area contributed by atoms with Crippen LogP contribution in [0.1, 0.15) is 6.42 Å². The van der Waals surface area contributed by atoms with Gasteiger partial charge in [0, 0.05) is 6.42 Å². The van der Waals surface area contributed by atoms with Crippen LogP contribution in [0.2, 0.25) is 0 Å². The second-order valence-corrected chi connectivity index (χ2v) is 3.75. The summed E-state index contributed by atoms with van der Waals surface area (Å²) in [5.74, 6) is -0.513. The molecule has 0 aliphatic carbocycles. The molecular weight excluding hydrogens is 164 g/mol. The first kappa shape index (κ1) is 9.77. The zero-order valence-corrected chi connectivity index (χ0v) is 6.29. The third kappa shape index (κ3) is 4.63. The monoisotopic (exact) mass is 173 g/mol. The fourth-order valence-corrected chi connectivity index (χ4v) is 1.04. The molecule has 0 aromatic heterocycles. The Labute approximate surface area is 58.5 Å². The number of sulfonamides is 1. The van der Waals surface area contributed by atoms with Gasteiger partial charge in [-0.15, -0.1) is 0 Å². The van der Waals surface area contributed by atoms with Crippen molar-refractivity contribution in [3.05, 3.63) is 0 Å². The molecule has 0 saturated carbocycles. The maximum absolute atomic E-state index is 11.4. The summed E-state index contributed by atoms with van der Waals surface area (Å²) >= 11 is 0. The standard InChI is InChI=1S/C4H9F2NO2S/c1-7-10(8,9)3-2-4(5)6/h4,7H,2-3H2,1H3. The second-order valence-electron chi connectivity index (χ2n) is 1.70. The largest absolute Gasteiger partial charge is 0.239 e. The zero-order valence-electron chi connectivity index (χ0n) is 5.47. The van der Waals surface area contributed by atoms with E-state index in [4.69, 9.17) is 0 Å². The molecule has 0 fully saturated rings. The summed E-state index contributed by atoms with van der Waals surface area (Å²) in [6.45, 7) is 0. The van der Waals surface area contributed by atoms with Crippen molar-refractivity contribution in [2.24, 2.45) is 0 Å². The van der Waals surface area contributed by atoms with E-state index in [9.17, 15) is 17.2 Å². The van der Waals surface area contributed by atoms with Crippen molar-refractivity contribution in [2.75, 3.05) is 12.8 Å². The number of rotatable bonds is 4. The number of halogens is 2. The van der Waals surface area contributed by atoms with Gasteiger partial charge in [0.2, 0.25) is 16.4 Å². The molecule has 0 spiro atoms. The van der Waals surface area contributed by atoms with E-state index < -0.39 is 28.6 Å². The smallest absolute Gasteiger partial charge is 0.218 e. The Morgan fingerprint density at radius 3 is 2.30 bits per heavy atom. The highest BCUT2D eigenvalue weighted by Crippen LogP contribution is 2.00. The van der Waals surface area contributed by atoms with E-state index in [-0.39, 0.29) is 0 Å². The van der Waals surface area contributed by atoms with Crippen molar-refractivity contribution in [3.63, 3.8) is 0 Å². The van der Waals surface area contributed by atoms with Gasteiger partial charge in [-0.2, -0.15) is 0 Å². The Morgan fingerprint density at radius 2 is 2.00 bits per heavy atom. The first-order valence-electron chi connectivity index (χ1n) is 2.67. The molecule has 0 aliphatic heterocycles. The van der Waals surface area contributed by atoms with Crippen LogP contribution in [-0.2, 0) is 10.0 Å². The zero-order chi connectivity index (χ0) is 8.20. The van der Waals surface area contributed by atoms with Crippen LogP contribution in [0.4, 0.5) is 8.78 Å². The highest BCUT2D eigenvalue weighted by atomic mass is 32.2. The fraction of sp³-hybridized carbons (Fsp3) is 1.00. The van der Waals surface area contributed by atoms with Gasteiger partial charge in [0.15, 0.2) is 0 Å². The Balaban J connectivity index is 3.70. The normalized spacial score (nSPS) is 12.4. The van der Waals surface area contributed by atoms with Gasteiger partial charge in [0.25, 0.3) is 0 Å². The summed E-state index contributed by atoms with van der Waals surface area (Å²) in [5.41, 5.74) is 0. The lowest BCUT2D eigenvalue weighted by Gasteiger charge is -1.99. The molecular formula is C4H9F2NO2S. The Hall–Kier alpha value is -0.230. The molecule has 0 unspecified atom stereocenters. The van der Waals surface area contributed by atoms with Gasteiger partial charge >= 0.3 is 0 Å². The van der Waals surface area contributed by atoms with Crippen LogP contribution in [0.5, 0.6) is 0 Å². The lowest BCUT2D eigenvalue weighted by molar-refractivity contribution is 0.144. The van der Waals surface area contributed by atoms with Gasteiger partial charge in [-0.05, 0) is 7.05 Å². The van der Waals surface area contributed by atoms with Crippen LogP contribution in [0.3, 0.4) is 0 Å². The molecule has 10 heavy (non-hydrogen) atoms. The summed E-state index contributed by atoms with van der Waals surface area (Å²) in [6, 6.07) is 0. The lowest BCUT2D eigenvalue weighted by Crippen LogP contribution is -2.23. The maximum atomic E-state index is 11.4. The number of nitrogens with one attached hydrogen (secondary N) is 1. The Kier molecular flexibility index (Phi) is 3.73. The van der Waals surface area contributed by atoms with Gasteiger partial charge in [-0.25, -0.2) is 21.9 Å². The van der Waals surface area contributed by atoms with E-state index in [0.29, 0.717) is 0 Å². The predicted octanol–water partition coefficient (Wildman–Crippen LogP) is 0.191. The van der Waals surface area contributed by atoms with Crippen molar-refractivity contribution >= 4 is 10.0 Å². The fourth-order valence-electron chi connectivity index (χ4n) is 0.346. The minimum Gasteiger partial charge on any atom is -0.218 e. The van der Waals surface area contributed by atoms with Crippen molar-refractivity contribution in [2.45, 2.75) is 12.8 Å². The second kappa shape index (κ2) is 3.82. The minimum absolute atomic E-state index is 0.513. The van der Waals surface area contributed by atoms with E-state index in [1.54, 1.807) is 0 Å². The predicted molar refractivity (Wildman–Crippen MR) is 33.5 cm³/mol. The molecule has 0 amide bonds. The molecule has 6 heteroatoms. The van der Waals surface area contributed by atoms with Crippen LogP contribution in [0.25, 0.3) is 0 Å². The molecule has 0 rings (SSSR count). The van der Waals surface area contributed by atoms with Gasteiger partial charge in [0.05, 0.1) is 5.75 Å². The van der Waals surface area contributed by atoms with Crippen molar-refractivity contribution < 1.29 is 17.2 Å². The number of alkyl halides is 2. The van der Waals surface area contributed by atoms with Crippen LogP contribution in [0, 0.1) is 0 Å². The van der Waals surface area contributed by atoms with Gasteiger partial charge in [-0.3, -0.25) is 0 Å². The van der Waals surface area contributed by atoms with Gasteiger partial charge in [-0.1, -0.05) is 0 Å². The molecule has 1 N–H and O–H groups in total. The maximum Gasteiger partial charge on any atom is 0.239 e. The van der Waals surface area contributed by atoms with Crippen LogP contribution in [0.15, 0.2) is 0 Å². The molecule has 0 aromatic carbocycles. The molecule has 62 valence electrons. The number of hydrogen-bond acceptors (Lipinski definition) is 2. The Bertz CT molecular complexity index is 178. The summed E-state index contributed by atoms with van der Waals surface area (Å²) in [5, 5.41) is 0. The first-order valence-corrected chi connectivity index (χ1v) is 4.32. The minimum atomic E-state index is -3.44. The topological polar surface area (TPSA) is 46.2 Å². The first-order chi connectivity index (χ1) is 4.48. The van der Waals surface area contributed by atoms with Crippen molar-refractivity contribution in [1.82, 2.24) is 4.72 Å². The van der Waals surface area contributed by atoms with Gasteiger partial charge in [0.1, 0.15) is 0 Å². The quantitative estimate of drug-likeness (QED) is 0.659. The average molecular weight is 173 g/mol. The van der Waals surface area contributed by atoms with Crippen LogP contribution in [-0.4, -0.2) is 27.6 Å². The Morgan fingerprint density at radius 1 is 1.50 bits per heavy atom. The summed E-state index contributed by atoms with van der Waals surface area (Å²) in [7, 11) is -2.25. The van der Waals surface area contributed by atoms with Crippen molar-refractivity contribution in [1.29, 1.82) is 0 Å². The van der Waals surface area contributed by atoms with Crippen LogP contribution >= 0.6 is 0 Å². The third-order valence-electron chi connectivity index (χ3n) is 0.916. The molecule has 0 atom stereocenters. The molecule has 3 nitrogen and oxygen atoms in total.